The number of ether oxygens (including phenoxy) is 1. The zero-order chi connectivity index (χ0) is 13.7. The first-order valence-corrected chi connectivity index (χ1v) is 7.94. The normalized spacial score (nSPS) is 35.2. The van der Waals surface area contributed by atoms with Crippen LogP contribution in [0, 0.1) is 5.92 Å². The standard InChI is InChI=1S/C15H31N3O/c1-4-16-15-6-9-19-12-14(15)11-18-8-5-7-17(3)10-13(18)2/h13-16H,4-12H2,1-3H3. The summed E-state index contributed by atoms with van der Waals surface area (Å²) in [5.74, 6) is 0.652. The highest BCUT2D eigenvalue weighted by Gasteiger charge is 2.29. The Bertz CT molecular complexity index is 260. The third-order valence-corrected chi connectivity index (χ3v) is 4.59. The number of nitrogens with zero attached hydrogens (tertiary/aromatic N) is 2. The van der Waals surface area contributed by atoms with E-state index in [-0.39, 0.29) is 0 Å². The first-order valence-electron chi connectivity index (χ1n) is 7.94. The van der Waals surface area contributed by atoms with Gasteiger partial charge in [0.25, 0.3) is 0 Å². The lowest BCUT2D eigenvalue weighted by Crippen LogP contribution is -2.50. The second kappa shape index (κ2) is 7.58. The van der Waals surface area contributed by atoms with Crippen LogP contribution in [0.1, 0.15) is 26.7 Å². The van der Waals surface area contributed by atoms with E-state index in [1.54, 1.807) is 0 Å². The van der Waals surface area contributed by atoms with Gasteiger partial charge in [0.15, 0.2) is 0 Å². The molecule has 2 heterocycles. The van der Waals surface area contributed by atoms with Crippen molar-refractivity contribution in [1.29, 1.82) is 0 Å². The van der Waals surface area contributed by atoms with Crippen LogP contribution < -0.4 is 5.32 Å². The van der Waals surface area contributed by atoms with Gasteiger partial charge in [-0.15, -0.1) is 0 Å². The topological polar surface area (TPSA) is 27.7 Å². The summed E-state index contributed by atoms with van der Waals surface area (Å²) in [7, 11) is 2.24. The van der Waals surface area contributed by atoms with E-state index in [4.69, 9.17) is 4.74 Å². The summed E-state index contributed by atoms with van der Waals surface area (Å²) in [6.45, 7) is 12.3. The molecule has 19 heavy (non-hydrogen) atoms. The van der Waals surface area contributed by atoms with Crippen LogP contribution in [-0.4, -0.2) is 74.9 Å². The molecule has 2 fully saturated rings. The number of hydrogen-bond donors (Lipinski definition) is 1. The summed E-state index contributed by atoms with van der Waals surface area (Å²) in [4.78, 5) is 5.14. The SMILES string of the molecule is CCNC1CCOCC1CN1CCCN(C)CC1C. The van der Waals surface area contributed by atoms with Crippen molar-refractivity contribution in [2.45, 2.75) is 38.8 Å². The molecule has 0 amide bonds. The van der Waals surface area contributed by atoms with Crippen LogP contribution in [0.15, 0.2) is 0 Å². The fourth-order valence-electron chi connectivity index (χ4n) is 3.50. The molecule has 0 aromatic rings. The van der Waals surface area contributed by atoms with Gasteiger partial charge >= 0.3 is 0 Å². The molecule has 2 aliphatic heterocycles. The summed E-state index contributed by atoms with van der Waals surface area (Å²) in [6.07, 6.45) is 2.46. The van der Waals surface area contributed by atoms with Gasteiger partial charge < -0.3 is 15.0 Å². The molecule has 4 heteroatoms. The summed E-state index contributed by atoms with van der Waals surface area (Å²) in [5, 5.41) is 3.65. The van der Waals surface area contributed by atoms with Crippen molar-refractivity contribution in [3.8, 4) is 0 Å². The van der Waals surface area contributed by atoms with Gasteiger partial charge in [0.05, 0.1) is 6.61 Å². The fraction of sp³-hybridized carbons (Fsp3) is 1.00. The van der Waals surface area contributed by atoms with E-state index in [2.05, 4.69) is 36.0 Å². The average molecular weight is 269 g/mol. The Morgan fingerprint density at radius 3 is 2.95 bits per heavy atom. The first-order chi connectivity index (χ1) is 9.20. The van der Waals surface area contributed by atoms with Crippen LogP contribution in [0.3, 0.4) is 0 Å². The largest absolute Gasteiger partial charge is 0.381 e. The van der Waals surface area contributed by atoms with E-state index in [9.17, 15) is 0 Å². The van der Waals surface area contributed by atoms with Crippen molar-refractivity contribution in [1.82, 2.24) is 15.1 Å². The van der Waals surface area contributed by atoms with E-state index in [1.807, 2.05) is 0 Å². The van der Waals surface area contributed by atoms with Crippen molar-refractivity contribution in [2.75, 3.05) is 53.0 Å². The second-order valence-electron chi connectivity index (χ2n) is 6.25. The molecule has 0 aromatic carbocycles. The maximum Gasteiger partial charge on any atom is 0.0521 e. The Morgan fingerprint density at radius 1 is 1.32 bits per heavy atom. The highest BCUT2D eigenvalue weighted by molar-refractivity contribution is 4.85. The molecular weight excluding hydrogens is 238 g/mol. The van der Waals surface area contributed by atoms with Gasteiger partial charge in [-0.25, -0.2) is 0 Å². The summed E-state index contributed by atoms with van der Waals surface area (Å²) < 4.78 is 5.71. The van der Waals surface area contributed by atoms with Gasteiger partial charge in [0.1, 0.15) is 0 Å². The van der Waals surface area contributed by atoms with E-state index < -0.39 is 0 Å². The molecule has 1 N–H and O–H groups in total. The van der Waals surface area contributed by atoms with Gasteiger partial charge in [-0.05, 0) is 46.4 Å². The Morgan fingerprint density at radius 2 is 2.16 bits per heavy atom. The average Bonchev–Trinajstić information content (AvgIpc) is 2.54. The summed E-state index contributed by atoms with van der Waals surface area (Å²) >= 11 is 0. The maximum absolute atomic E-state index is 5.71. The van der Waals surface area contributed by atoms with E-state index in [1.165, 1.54) is 39.0 Å². The highest BCUT2D eigenvalue weighted by atomic mass is 16.5. The van der Waals surface area contributed by atoms with Crippen LogP contribution in [-0.2, 0) is 4.74 Å². The molecule has 4 nitrogen and oxygen atoms in total. The molecule has 0 aliphatic carbocycles. The number of rotatable bonds is 4. The molecular formula is C15H31N3O. The minimum atomic E-state index is 0.645. The van der Waals surface area contributed by atoms with Crippen LogP contribution in [0.2, 0.25) is 0 Å². The maximum atomic E-state index is 5.71. The van der Waals surface area contributed by atoms with Gasteiger partial charge in [0, 0.05) is 37.7 Å². The summed E-state index contributed by atoms with van der Waals surface area (Å²) in [5.41, 5.74) is 0. The van der Waals surface area contributed by atoms with Crippen molar-refractivity contribution in [3.05, 3.63) is 0 Å². The highest BCUT2D eigenvalue weighted by Crippen LogP contribution is 2.19. The molecule has 3 atom stereocenters. The predicted molar refractivity (Wildman–Crippen MR) is 79.5 cm³/mol. The Kier molecular flexibility index (Phi) is 6.07. The Balaban J connectivity index is 1.89. The third kappa shape index (κ3) is 4.42. The molecule has 0 bridgehead atoms. The molecule has 0 aromatic heterocycles. The zero-order valence-electron chi connectivity index (χ0n) is 12.9. The lowest BCUT2D eigenvalue weighted by Gasteiger charge is -2.37. The first kappa shape index (κ1) is 15.2. The molecule has 2 saturated heterocycles. The van der Waals surface area contributed by atoms with Crippen molar-refractivity contribution in [2.24, 2.45) is 5.92 Å². The number of hydrogen-bond acceptors (Lipinski definition) is 4. The van der Waals surface area contributed by atoms with Gasteiger partial charge in [-0.1, -0.05) is 6.92 Å². The second-order valence-corrected chi connectivity index (χ2v) is 6.25. The van der Waals surface area contributed by atoms with E-state index >= 15 is 0 Å². The Hall–Kier alpha value is -0.160. The number of nitrogens with one attached hydrogen (secondary N) is 1. The van der Waals surface area contributed by atoms with Crippen molar-refractivity contribution < 1.29 is 4.74 Å². The monoisotopic (exact) mass is 269 g/mol. The Labute approximate surface area is 118 Å². The minimum absolute atomic E-state index is 0.645. The van der Waals surface area contributed by atoms with Crippen molar-refractivity contribution in [3.63, 3.8) is 0 Å². The van der Waals surface area contributed by atoms with Gasteiger partial charge in [0.2, 0.25) is 0 Å². The minimum Gasteiger partial charge on any atom is -0.381 e. The molecule has 0 spiro atoms. The molecule has 0 radical (unpaired) electrons. The van der Waals surface area contributed by atoms with Gasteiger partial charge in [-0.3, -0.25) is 4.90 Å². The molecule has 2 rings (SSSR count). The third-order valence-electron chi connectivity index (χ3n) is 4.59. The molecule has 2 aliphatic rings. The van der Waals surface area contributed by atoms with E-state index in [0.717, 1.165) is 19.8 Å². The van der Waals surface area contributed by atoms with Crippen molar-refractivity contribution >= 4 is 0 Å². The van der Waals surface area contributed by atoms with Crippen LogP contribution in [0.5, 0.6) is 0 Å². The fourth-order valence-corrected chi connectivity index (χ4v) is 3.50. The van der Waals surface area contributed by atoms with Crippen LogP contribution >= 0.6 is 0 Å². The predicted octanol–water partition coefficient (Wildman–Crippen LogP) is 1.03. The van der Waals surface area contributed by atoms with Crippen LogP contribution in [0.4, 0.5) is 0 Å². The van der Waals surface area contributed by atoms with Crippen LogP contribution in [0.25, 0.3) is 0 Å². The summed E-state index contributed by atoms with van der Waals surface area (Å²) in [6, 6.07) is 1.31. The van der Waals surface area contributed by atoms with E-state index in [0.29, 0.717) is 18.0 Å². The quantitative estimate of drug-likeness (QED) is 0.825. The molecule has 3 unspecified atom stereocenters. The zero-order valence-corrected chi connectivity index (χ0v) is 12.9. The lowest BCUT2D eigenvalue weighted by atomic mass is 9.94. The molecule has 112 valence electrons. The lowest BCUT2D eigenvalue weighted by molar-refractivity contribution is 0.0120. The smallest absolute Gasteiger partial charge is 0.0521 e. The van der Waals surface area contributed by atoms with Gasteiger partial charge in [-0.2, -0.15) is 0 Å². The number of likely N-dealkylation sites (N-methyl/N-ethyl adjacent to an activating group) is 1. The molecule has 0 saturated carbocycles.